The lowest BCUT2D eigenvalue weighted by Gasteiger charge is -2.16. The molecule has 0 radical (unpaired) electrons. The van der Waals surface area contributed by atoms with Gasteiger partial charge in [-0.3, -0.25) is 14.4 Å². The fourth-order valence-electron chi connectivity index (χ4n) is 3.33. The summed E-state index contributed by atoms with van der Waals surface area (Å²) < 4.78 is 30.3. The molecule has 0 aliphatic carbocycles. The first-order valence-electron chi connectivity index (χ1n) is 10.2. The van der Waals surface area contributed by atoms with Crippen molar-refractivity contribution in [3.63, 3.8) is 0 Å². The molecule has 170 valence electrons. The van der Waals surface area contributed by atoms with Gasteiger partial charge in [-0.25, -0.2) is 13.4 Å². The Kier molecular flexibility index (Phi) is 6.35. The molecule has 1 N–H and O–H groups in total. The van der Waals surface area contributed by atoms with Gasteiger partial charge in [0.25, 0.3) is 5.91 Å². The number of fused-ring (bicyclic) bond motifs is 1. The van der Waals surface area contributed by atoms with E-state index in [-0.39, 0.29) is 5.91 Å². The first-order valence-corrected chi connectivity index (χ1v) is 13.0. The summed E-state index contributed by atoms with van der Waals surface area (Å²) >= 11 is 1.31. The van der Waals surface area contributed by atoms with E-state index in [0.29, 0.717) is 34.4 Å². The molecule has 1 amide bonds. The van der Waals surface area contributed by atoms with Crippen LogP contribution in [0.25, 0.3) is 22.0 Å². The Bertz CT molecular complexity index is 1410. The number of nitrogens with one attached hydrogen (secondary N) is 1. The molecule has 0 saturated heterocycles. The molecule has 0 atom stereocenters. The van der Waals surface area contributed by atoms with E-state index in [0.717, 1.165) is 22.6 Å². The van der Waals surface area contributed by atoms with Crippen molar-refractivity contribution in [2.45, 2.75) is 6.92 Å². The van der Waals surface area contributed by atoms with Crippen LogP contribution in [0.2, 0.25) is 0 Å². The molecule has 4 aromatic rings. The number of hydrogen-bond donors (Lipinski definition) is 1. The summed E-state index contributed by atoms with van der Waals surface area (Å²) in [5.41, 5.74) is 2.51. The Balaban J connectivity index is 1.55. The third-order valence-corrected chi connectivity index (χ3v) is 7.10. The van der Waals surface area contributed by atoms with E-state index in [1.807, 2.05) is 48.7 Å². The van der Waals surface area contributed by atoms with Gasteiger partial charge in [-0.05, 0) is 42.0 Å². The SMILES string of the molecule is CCOc1cc2ccccc2cc1C(=O)Nc1nc(-c2ccc(N(C)S(C)(=O)=O)cc2)cs1. The largest absolute Gasteiger partial charge is 0.493 e. The van der Waals surface area contributed by atoms with Crippen molar-refractivity contribution < 1.29 is 17.9 Å². The van der Waals surface area contributed by atoms with E-state index < -0.39 is 10.0 Å². The zero-order valence-corrected chi connectivity index (χ0v) is 20.0. The van der Waals surface area contributed by atoms with Crippen LogP contribution in [0, 0.1) is 0 Å². The number of thiazole rings is 1. The quantitative estimate of drug-likeness (QED) is 0.401. The van der Waals surface area contributed by atoms with Crippen molar-refractivity contribution in [1.82, 2.24) is 4.98 Å². The number of carbonyl (C=O) groups excluding carboxylic acids is 1. The number of ether oxygens (including phenoxy) is 1. The van der Waals surface area contributed by atoms with Gasteiger partial charge in [-0.1, -0.05) is 36.4 Å². The number of hydrogen-bond acceptors (Lipinski definition) is 6. The van der Waals surface area contributed by atoms with E-state index in [1.165, 1.54) is 22.7 Å². The summed E-state index contributed by atoms with van der Waals surface area (Å²) in [5.74, 6) is 0.228. The number of anilines is 2. The molecular weight excluding hydrogens is 458 g/mol. The van der Waals surface area contributed by atoms with Gasteiger partial charge in [0.05, 0.1) is 29.8 Å². The van der Waals surface area contributed by atoms with Crippen LogP contribution in [-0.2, 0) is 10.0 Å². The first-order chi connectivity index (χ1) is 15.8. The van der Waals surface area contributed by atoms with E-state index in [9.17, 15) is 13.2 Å². The molecule has 0 spiro atoms. The maximum atomic E-state index is 13.0. The van der Waals surface area contributed by atoms with Crippen LogP contribution in [0.4, 0.5) is 10.8 Å². The minimum absolute atomic E-state index is 0.296. The van der Waals surface area contributed by atoms with Gasteiger partial charge in [-0.15, -0.1) is 11.3 Å². The zero-order chi connectivity index (χ0) is 23.6. The summed E-state index contributed by atoms with van der Waals surface area (Å²) in [7, 11) is -1.82. The van der Waals surface area contributed by atoms with E-state index >= 15 is 0 Å². The van der Waals surface area contributed by atoms with Crippen LogP contribution in [0.15, 0.2) is 66.0 Å². The molecule has 0 saturated carbocycles. The van der Waals surface area contributed by atoms with Gasteiger partial charge < -0.3 is 4.74 Å². The number of amides is 1. The normalized spacial score (nSPS) is 11.4. The van der Waals surface area contributed by atoms with Gasteiger partial charge >= 0.3 is 0 Å². The molecule has 0 fully saturated rings. The van der Waals surface area contributed by atoms with Crippen LogP contribution >= 0.6 is 11.3 Å². The van der Waals surface area contributed by atoms with Gasteiger partial charge in [0.1, 0.15) is 5.75 Å². The Labute approximate surface area is 196 Å². The maximum absolute atomic E-state index is 13.0. The second kappa shape index (κ2) is 9.21. The predicted octanol–water partition coefficient (Wildman–Crippen LogP) is 5.01. The number of benzene rings is 3. The second-order valence-electron chi connectivity index (χ2n) is 7.40. The predicted molar refractivity (Wildman–Crippen MR) is 134 cm³/mol. The molecule has 0 bridgehead atoms. The van der Waals surface area contributed by atoms with Crippen LogP contribution < -0.4 is 14.4 Å². The van der Waals surface area contributed by atoms with E-state index in [2.05, 4.69) is 10.3 Å². The molecule has 1 aromatic heterocycles. The van der Waals surface area contributed by atoms with Gasteiger partial charge in [0.2, 0.25) is 10.0 Å². The third-order valence-electron chi connectivity index (χ3n) is 5.14. The lowest BCUT2D eigenvalue weighted by Crippen LogP contribution is -2.24. The summed E-state index contributed by atoms with van der Waals surface area (Å²) in [6.45, 7) is 2.33. The Morgan fingerprint density at radius 2 is 1.76 bits per heavy atom. The van der Waals surface area contributed by atoms with Crippen LogP contribution in [0.3, 0.4) is 0 Å². The number of rotatable bonds is 7. The van der Waals surface area contributed by atoms with Crippen LogP contribution in [0.1, 0.15) is 17.3 Å². The Morgan fingerprint density at radius 1 is 1.09 bits per heavy atom. The summed E-state index contributed by atoms with van der Waals surface area (Å²) in [4.78, 5) is 17.5. The number of carbonyl (C=O) groups is 1. The third kappa shape index (κ3) is 4.99. The van der Waals surface area contributed by atoms with Crippen molar-refractivity contribution in [1.29, 1.82) is 0 Å². The highest BCUT2D eigenvalue weighted by Crippen LogP contribution is 2.30. The maximum Gasteiger partial charge on any atom is 0.261 e. The summed E-state index contributed by atoms with van der Waals surface area (Å²) in [6, 6.07) is 18.5. The minimum atomic E-state index is -3.33. The average molecular weight is 482 g/mol. The fraction of sp³-hybridized carbons (Fsp3) is 0.167. The van der Waals surface area contributed by atoms with Gasteiger partial charge in [-0.2, -0.15) is 0 Å². The first kappa shape index (κ1) is 22.8. The smallest absolute Gasteiger partial charge is 0.261 e. The molecule has 9 heteroatoms. The Hall–Kier alpha value is -3.43. The lowest BCUT2D eigenvalue weighted by molar-refractivity contribution is 0.102. The van der Waals surface area contributed by atoms with Gasteiger partial charge in [0, 0.05) is 18.0 Å². The summed E-state index contributed by atoms with van der Waals surface area (Å²) in [6.07, 6.45) is 1.16. The fourth-order valence-corrected chi connectivity index (χ4v) is 4.55. The van der Waals surface area contributed by atoms with Crippen molar-refractivity contribution in [3.8, 4) is 17.0 Å². The van der Waals surface area contributed by atoms with Gasteiger partial charge in [0.15, 0.2) is 5.13 Å². The van der Waals surface area contributed by atoms with Crippen molar-refractivity contribution in [3.05, 3.63) is 71.6 Å². The zero-order valence-electron chi connectivity index (χ0n) is 18.4. The molecule has 0 unspecified atom stereocenters. The number of aromatic nitrogens is 1. The highest BCUT2D eigenvalue weighted by Gasteiger charge is 2.17. The molecule has 1 heterocycles. The highest BCUT2D eigenvalue weighted by molar-refractivity contribution is 7.92. The van der Waals surface area contributed by atoms with Crippen molar-refractivity contribution in [2.75, 3.05) is 29.5 Å². The van der Waals surface area contributed by atoms with E-state index in [4.69, 9.17) is 4.74 Å². The van der Waals surface area contributed by atoms with Crippen molar-refractivity contribution >= 4 is 48.9 Å². The topological polar surface area (TPSA) is 88.6 Å². The highest BCUT2D eigenvalue weighted by atomic mass is 32.2. The van der Waals surface area contributed by atoms with E-state index in [1.54, 1.807) is 24.3 Å². The number of sulfonamides is 1. The molecule has 3 aromatic carbocycles. The molecular formula is C24H23N3O4S2. The van der Waals surface area contributed by atoms with Crippen LogP contribution in [0.5, 0.6) is 5.75 Å². The number of nitrogens with zero attached hydrogens (tertiary/aromatic N) is 2. The monoisotopic (exact) mass is 481 g/mol. The molecule has 4 rings (SSSR count). The van der Waals surface area contributed by atoms with Crippen LogP contribution in [-0.4, -0.2) is 39.2 Å². The molecule has 7 nitrogen and oxygen atoms in total. The lowest BCUT2D eigenvalue weighted by atomic mass is 10.1. The second-order valence-corrected chi connectivity index (χ2v) is 10.3. The average Bonchev–Trinajstić information content (AvgIpc) is 3.26. The molecule has 33 heavy (non-hydrogen) atoms. The summed E-state index contributed by atoms with van der Waals surface area (Å²) in [5, 5.41) is 7.11. The molecule has 0 aliphatic heterocycles. The standard InChI is InChI=1S/C24H23N3O4S2/c1-4-31-22-14-18-8-6-5-7-17(18)13-20(22)23(28)26-24-25-21(15-32-24)16-9-11-19(12-10-16)27(2)33(3,29)30/h5-15H,4H2,1-3H3,(H,25,26,28). The van der Waals surface area contributed by atoms with Crippen molar-refractivity contribution in [2.24, 2.45) is 0 Å². The molecule has 0 aliphatic rings. The minimum Gasteiger partial charge on any atom is -0.493 e. The Morgan fingerprint density at radius 3 is 2.39 bits per heavy atom.